The molecule has 2 aromatic carbocycles. The fourth-order valence-corrected chi connectivity index (χ4v) is 6.69. The molecule has 1 aromatic heterocycles. The van der Waals surface area contributed by atoms with Gasteiger partial charge in [-0.15, -0.1) is 0 Å². The largest absolute Gasteiger partial charge is 0.480 e. The van der Waals surface area contributed by atoms with Gasteiger partial charge in [-0.05, 0) is 79.3 Å². The maximum Gasteiger partial charge on any atom is 0.323 e. The number of amides is 1. The van der Waals surface area contributed by atoms with Gasteiger partial charge in [0.05, 0.1) is 4.90 Å². The molecule has 1 heterocycles. The van der Waals surface area contributed by atoms with Crippen molar-refractivity contribution >= 4 is 39.5 Å². The number of carbonyl (C=O) groups is 3. The van der Waals surface area contributed by atoms with Crippen LogP contribution in [0.1, 0.15) is 42.5 Å². The first-order chi connectivity index (χ1) is 19.3. The van der Waals surface area contributed by atoms with E-state index in [1.54, 1.807) is 38.4 Å². The van der Waals surface area contributed by atoms with Gasteiger partial charge in [0.25, 0.3) is 0 Å². The first-order valence-electron chi connectivity index (χ1n) is 12.8. The Bertz CT molecular complexity index is 1530. The maximum absolute atomic E-state index is 14.0. The van der Waals surface area contributed by atoms with Crippen LogP contribution in [0.3, 0.4) is 0 Å². The lowest BCUT2D eigenvalue weighted by Crippen LogP contribution is -2.40. The number of hydrogen-bond acceptors (Lipinski definition) is 6. The summed E-state index contributed by atoms with van der Waals surface area (Å²) in [7, 11) is -4.12. The second-order valence-corrected chi connectivity index (χ2v) is 11.9. The van der Waals surface area contributed by atoms with Crippen LogP contribution in [-0.2, 0) is 24.4 Å². The highest BCUT2D eigenvalue weighted by molar-refractivity contribution is 7.89. The van der Waals surface area contributed by atoms with Gasteiger partial charge in [-0.2, -0.15) is 4.31 Å². The molecule has 2 N–H and O–H groups in total. The van der Waals surface area contributed by atoms with Crippen molar-refractivity contribution < 1.29 is 33.0 Å². The summed E-state index contributed by atoms with van der Waals surface area (Å²) < 4.78 is 29.4. The Morgan fingerprint density at radius 2 is 1.66 bits per heavy atom. The molecule has 12 heteroatoms. The Morgan fingerprint density at radius 3 is 2.29 bits per heavy atom. The zero-order chi connectivity index (χ0) is 30.3. The van der Waals surface area contributed by atoms with E-state index in [2.05, 4.69) is 4.98 Å². The van der Waals surface area contributed by atoms with Gasteiger partial charge < -0.3 is 15.1 Å². The van der Waals surface area contributed by atoms with Crippen LogP contribution >= 0.6 is 11.6 Å². The smallest absolute Gasteiger partial charge is 0.323 e. The standard InChI is InChI=1S/C29H32ClN3O7S/c1-19-16-31-13-12-24(19)23-8-4-7-22(15-23)21(3)33(41(39,40)26-10-5-9-25(30)20(26)2)14-6-11-27(34)32(17-28(35)36)18-29(37)38/h4-5,7-10,12-13,15-16,21H,6,11,14,17-18H2,1-3H3,(H,35,36)(H,37,38). The number of aliphatic carboxylic acids is 2. The third kappa shape index (κ3) is 7.90. The monoisotopic (exact) mass is 601 g/mol. The van der Waals surface area contributed by atoms with Crippen molar-refractivity contribution in [3.05, 3.63) is 82.6 Å². The number of carboxylic acids is 2. The first kappa shape index (κ1) is 31.7. The van der Waals surface area contributed by atoms with Crippen molar-refractivity contribution in [2.75, 3.05) is 19.6 Å². The number of carboxylic acid groups (broad SMARTS) is 2. The summed E-state index contributed by atoms with van der Waals surface area (Å²) in [6.45, 7) is 3.67. The number of rotatable bonds is 13. The molecule has 0 aliphatic carbocycles. The molecule has 0 aliphatic heterocycles. The van der Waals surface area contributed by atoms with Crippen molar-refractivity contribution in [1.29, 1.82) is 0 Å². The number of halogens is 1. The van der Waals surface area contributed by atoms with Gasteiger partial charge in [-0.25, -0.2) is 8.42 Å². The summed E-state index contributed by atoms with van der Waals surface area (Å²) in [5.41, 5.74) is 3.90. The number of aromatic nitrogens is 1. The van der Waals surface area contributed by atoms with E-state index in [9.17, 15) is 22.8 Å². The number of carbonyl (C=O) groups excluding carboxylic acids is 1. The van der Waals surface area contributed by atoms with Gasteiger partial charge >= 0.3 is 11.9 Å². The third-order valence-electron chi connectivity index (χ3n) is 6.71. The molecule has 10 nitrogen and oxygen atoms in total. The summed E-state index contributed by atoms with van der Waals surface area (Å²) in [6.07, 6.45) is 3.22. The van der Waals surface area contributed by atoms with Crippen molar-refractivity contribution in [2.24, 2.45) is 0 Å². The first-order valence-corrected chi connectivity index (χ1v) is 14.6. The molecule has 0 radical (unpaired) electrons. The number of benzene rings is 2. The maximum atomic E-state index is 14.0. The van der Waals surface area contributed by atoms with Crippen LogP contribution in [-0.4, -0.2) is 70.3 Å². The van der Waals surface area contributed by atoms with Gasteiger partial charge in [0.2, 0.25) is 15.9 Å². The Kier molecular flexibility index (Phi) is 10.6. The zero-order valence-electron chi connectivity index (χ0n) is 22.9. The number of pyridine rings is 1. The highest BCUT2D eigenvalue weighted by Gasteiger charge is 2.32. The summed E-state index contributed by atoms with van der Waals surface area (Å²) in [4.78, 5) is 39.8. The summed E-state index contributed by atoms with van der Waals surface area (Å²) in [5.74, 6) is -3.40. The molecule has 3 aromatic rings. The zero-order valence-corrected chi connectivity index (χ0v) is 24.5. The minimum atomic E-state index is -4.12. The predicted octanol–water partition coefficient (Wildman–Crippen LogP) is 4.55. The third-order valence-corrected chi connectivity index (χ3v) is 9.23. The fraction of sp³-hybridized carbons (Fsp3) is 0.310. The van der Waals surface area contributed by atoms with Crippen molar-refractivity contribution in [3.63, 3.8) is 0 Å². The summed E-state index contributed by atoms with van der Waals surface area (Å²) in [6, 6.07) is 13.3. The summed E-state index contributed by atoms with van der Waals surface area (Å²) in [5, 5.41) is 18.4. The quantitative estimate of drug-likeness (QED) is 0.290. The van der Waals surface area contributed by atoms with E-state index in [4.69, 9.17) is 21.8 Å². The van der Waals surface area contributed by atoms with E-state index >= 15 is 0 Å². The van der Waals surface area contributed by atoms with Crippen LogP contribution in [0.5, 0.6) is 0 Å². The molecule has 0 spiro atoms. The Labute approximate surface area is 244 Å². The van der Waals surface area contributed by atoms with E-state index in [0.717, 1.165) is 16.7 Å². The van der Waals surface area contributed by atoms with Crippen molar-refractivity contribution in [2.45, 2.75) is 44.6 Å². The lowest BCUT2D eigenvalue weighted by molar-refractivity contribution is -0.149. The number of aryl methyl sites for hydroxylation is 1. The molecule has 0 saturated heterocycles. The second-order valence-electron chi connectivity index (χ2n) is 9.61. The molecule has 0 aliphatic rings. The van der Waals surface area contributed by atoms with E-state index in [1.165, 1.54) is 10.4 Å². The van der Waals surface area contributed by atoms with Gasteiger partial charge in [0.15, 0.2) is 0 Å². The van der Waals surface area contributed by atoms with Crippen LogP contribution in [0.4, 0.5) is 0 Å². The molecule has 218 valence electrons. The van der Waals surface area contributed by atoms with E-state index in [0.29, 0.717) is 21.0 Å². The Hall–Kier alpha value is -3.80. The lowest BCUT2D eigenvalue weighted by atomic mass is 9.98. The lowest BCUT2D eigenvalue weighted by Gasteiger charge is -2.30. The highest BCUT2D eigenvalue weighted by Crippen LogP contribution is 2.33. The van der Waals surface area contributed by atoms with Gasteiger partial charge in [-0.1, -0.05) is 35.9 Å². The molecule has 0 bridgehead atoms. The van der Waals surface area contributed by atoms with Gasteiger partial charge in [-0.3, -0.25) is 19.4 Å². The molecule has 1 unspecified atom stereocenters. The topological polar surface area (TPSA) is 145 Å². The SMILES string of the molecule is Cc1cnccc1-c1cccc(C(C)N(CCCC(=O)N(CC(=O)O)CC(=O)O)S(=O)(=O)c2cccc(Cl)c2C)c1. The van der Waals surface area contributed by atoms with E-state index in [-0.39, 0.29) is 24.3 Å². The minimum Gasteiger partial charge on any atom is -0.480 e. The van der Waals surface area contributed by atoms with E-state index in [1.807, 2.05) is 37.3 Å². The average Bonchev–Trinajstić information content (AvgIpc) is 2.91. The van der Waals surface area contributed by atoms with Gasteiger partial charge in [0.1, 0.15) is 13.1 Å². The van der Waals surface area contributed by atoms with Gasteiger partial charge in [0, 0.05) is 36.4 Å². The predicted molar refractivity (Wildman–Crippen MR) is 154 cm³/mol. The van der Waals surface area contributed by atoms with Crippen LogP contribution in [0.25, 0.3) is 11.1 Å². The molecule has 3 rings (SSSR count). The molecule has 0 saturated carbocycles. The van der Waals surface area contributed by atoms with Crippen LogP contribution in [0, 0.1) is 13.8 Å². The van der Waals surface area contributed by atoms with Crippen molar-refractivity contribution in [1.82, 2.24) is 14.2 Å². The average molecular weight is 602 g/mol. The molecular weight excluding hydrogens is 570 g/mol. The summed E-state index contributed by atoms with van der Waals surface area (Å²) >= 11 is 6.25. The molecule has 41 heavy (non-hydrogen) atoms. The van der Waals surface area contributed by atoms with Crippen LogP contribution in [0.15, 0.2) is 65.8 Å². The molecular formula is C29H32ClN3O7S. The molecule has 1 amide bonds. The molecule has 0 fully saturated rings. The number of nitrogens with zero attached hydrogens (tertiary/aromatic N) is 3. The van der Waals surface area contributed by atoms with E-state index < -0.39 is 47.0 Å². The second kappa shape index (κ2) is 13.7. The Balaban J connectivity index is 1.96. The minimum absolute atomic E-state index is 0.0287. The number of hydrogen-bond donors (Lipinski definition) is 2. The van der Waals surface area contributed by atoms with Crippen LogP contribution in [0.2, 0.25) is 5.02 Å². The van der Waals surface area contributed by atoms with Crippen LogP contribution < -0.4 is 0 Å². The highest BCUT2D eigenvalue weighted by atomic mass is 35.5. The normalized spacial score (nSPS) is 12.2. The van der Waals surface area contributed by atoms with Crippen molar-refractivity contribution in [3.8, 4) is 11.1 Å². The Morgan fingerprint density at radius 1 is 1.00 bits per heavy atom. The fourth-order valence-electron chi connectivity index (χ4n) is 4.55. The number of sulfonamides is 1. The molecule has 1 atom stereocenters.